The van der Waals surface area contributed by atoms with E-state index in [1.807, 2.05) is 63.1 Å². The molecular weight excluding hydrogens is 485 g/mol. The molecule has 0 saturated carbocycles. The largest absolute Gasteiger partial charge is 0.470 e. The van der Waals surface area contributed by atoms with Gasteiger partial charge in [-0.1, -0.05) is 30.3 Å². The fraction of sp³-hybridized carbons (Fsp3) is 0.667. The van der Waals surface area contributed by atoms with E-state index in [9.17, 15) is 4.80 Å². The lowest BCUT2D eigenvalue weighted by molar-refractivity contribution is 0.114. The van der Waals surface area contributed by atoms with Gasteiger partial charge in [0.25, 0.3) is 0 Å². The Morgan fingerprint density at radius 3 is 2.45 bits per heavy atom. The zero-order chi connectivity index (χ0) is 22.8. The minimum atomic E-state index is -3.24. The zero-order valence-electron chi connectivity index (χ0n) is 19.4. The molecule has 2 aliphatic heterocycles. The van der Waals surface area contributed by atoms with Crippen molar-refractivity contribution in [1.82, 2.24) is 0 Å². The van der Waals surface area contributed by atoms with E-state index >= 15 is 0 Å². The molecule has 0 aliphatic carbocycles. The van der Waals surface area contributed by atoms with Crippen molar-refractivity contribution in [3.63, 3.8) is 0 Å². The molecule has 5 unspecified atom stereocenters. The van der Waals surface area contributed by atoms with E-state index in [4.69, 9.17) is 30.0 Å². The Kier molecular flexibility index (Phi) is 8.33. The molecule has 13 heteroatoms. The molecule has 1 aromatic carbocycles. The summed E-state index contributed by atoms with van der Waals surface area (Å²) in [5.74, 6) is 0. The summed E-state index contributed by atoms with van der Waals surface area (Å²) in [7, 11) is -13.6. The van der Waals surface area contributed by atoms with Gasteiger partial charge in [-0.15, -0.1) is 0 Å². The fourth-order valence-corrected chi connectivity index (χ4v) is 26.2. The highest BCUT2D eigenvalue weighted by atomic mass is 28.5. The van der Waals surface area contributed by atoms with Crippen molar-refractivity contribution in [2.75, 3.05) is 19.8 Å². The number of hydrogen-bond donors (Lipinski definition) is 1. The summed E-state index contributed by atoms with van der Waals surface area (Å²) in [6.45, 7) is 13.8. The van der Waals surface area contributed by atoms with Gasteiger partial charge in [-0.3, -0.25) is 0 Å². The van der Waals surface area contributed by atoms with Crippen molar-refractivity contribution in [3.8, 4) is 0 Å². The van der Waals surface area contributed by atoms with Gasteiger partial charge in [0.2, 0.25) is 0 Å². The fourth-order valence-electron chi connectivity index (χ4n) is 3.89. The Hall–Kier alpha value is -0.0156. The van der Waals surface area contributed by atoms with Crippen LogP contribution in [-0.2, 0) is 30.0 Å². The Morgan fingerprint density at radius 1 is 1.13 bits per heavy atom. The second-order valence-corrected chi connectivity index (χ2v) is 24.3. The lowest BCUT2D eigenvalue weighted by Crippen LogP contribution is -2.67. The Morgan fingerprint density at radius 2 is 1.81 bits per heavy atom. The maximum atomic E-state index is 11.2. The summed E-state index contributed by atoms with van der Waals surface area (Å²) in [6, 6.07) is 10.2. The van der Waals surface area contributed by atoms with Gasteiger partial charge in [0.15, 0.2) is 0 Å². The highest BCUT2D eigenvalue weighted by Crippen LogP contribution is 2.31. The second kappa shape index (κ2) is 10.1. The topological polar surface area (TPSA) is 88.1 Å². The number of rotatable bonds is 9. The van der Waals surface area contributed by atoms with E-state index < -0.39 is 43.8 Å². The van der Waals surface area contributed by atoms with Crippen molar-refractivity contribution in [3.05, 3.63) is 30.3 Å². The molecule has 2 heterocycles. The molecule has 0 spiro atoms. The van der Waals surface area contributed by atoms with Crippen LogP contribution in [0, 0.1) is 0 Å². The van der Waals surface area contributed by atoms with Crippen LogP contribution in [-0.4, -0.2) is 74.5 Å². The number of ether oxygens (including phenoxy) is 2. The van der Waals surface area contributed by atoms with Gasteiger partial charge in [0, 0.05) is 13.2 Å². The lowest BCUT2D eigenvalue weighted by atomic mass is 10.4. The molecule has 3 rings (SSSR count). The first-order chi connectivity index (χ1) is 14.4. The highest BCUT2D eigenvalue weighted by molar-refractivity contribution is 6.92. The maximum Gasteiger partial charge on any atom is 0.470 e. The van der Waals surface area contributed by atoms with Crippen LogP contribution in [0.25, 0.3) is 0 Å². The van der Waals surface area contributed by atoms with Crippen LogP contribution >= 0.6 is 0 Å². The second-order valence-electron chi connectivity index (χ2n) is 8.99. The summed E-state index contributed by atoms with van der Waals surface area (Å²) in [5, 5.41) is 0.780. The predicted octanol–water partition coefficient (Wildman–Crippen LogP) is 2.05. The summed E-state index contributed by atoms with van der Waals surface area (Å²) in [6.07, 6.45) is 1.07. The molecule has 31 heavy (non-hydrogen) atoms. The normalized spacial score (nSPS) is 35.1. The molecular formula is C18H36O8Si5. The van der Waals surface area contributed by atoms with Gasteiger partial charge in [-0.25, -0.2) is 0 Å². The quantitative estimate of drug-likeness (QED) is 0.301. The van der Waals surface area contributed by atoms with Crippen LogP contribution in [0.1, 0.15) is 6.42 Å². The molecule has 5 atom stereocenters. The lowest BCUT2D eigenvalue weighted by Gasteiger charge is -2.46. The van der Waals surface area contributed by atoms with Gasteiger partial charge < -0.3 is 34.8 Å². The van der Waals surface area contributed by atoms with Crippen molar-refractivity contribution < 1.29 is 34.8 Å². The summed E-state index contributed by atoms with van der Waals surface area (Å²) >= 11 is 0. The molecule has 1 N–H and O–H groups in total. The predicted molar refractivity (Wildman–Crippen MR) is 129 cm³/mol. The van der Waals surface area contributed by atoms with Crippen molar-refractivity contribution in [1.29, 1.82) is 0 Å². The average Bonchev–Trinajstić information content (AvgIpc) is 3.43. The Labute approximate surface area is 191 Å². The third kappa shape index (κ3) is 8.06. The smallest absolute Gasteiger partial charge is 0.418 e. The molecule has 1 aromatic rings. The van der Waals surface area contributed by atoms with E-state index in [0.29, 0.717) is 13.2 Å². The van der Waals surface area contributed by atoms with Crippen LogP contribution in [0.15, 0.2) is 30.3 Å². The average molecular weight is 521 g/mol. The number of benzene rings is 1. The molecule has 2 fully saturated rings. The number of hydrogen-bond acceptors (Lipinski definition) is 8. The van der Waals surface area contributed by atoms with Gasteiger partial charge in [0.05, 0.1) is 13.2 Å². The van der Waals surface area contributed by atoms with Crippen LogP contribution in [0.3, 0.4) is 0 Å². The Bertz CT molecular complexity index is 722. The molecule has 0 aromatic heterocycles. The van der Waals surface area contributed by atoms with Gasteiger partial charge in [-0.05, 0) is 50.4 Å². The van der Waals surface area contributed by atoms with E-state index in [2.05, 4.69) is 0 Å². The summed E-state index contributed by atoms with van der Waals surface area (Å²) in [4.78, 5) is 11.2. The maximum absolute atomic E-state index is 11.2. The molecule has 2 aliphatic rings. The van der Waals surface area contributed by atoms with Crippen molar-refractivity contribution >= 4 is 49.0 Å². The molecule has 0 bridgehead atoms. The summed E-state index contributed by atoms with van der Waals surface area (Å²) in [5.41, 5.74) is 0. The molecule has 8 nitrogen and oxygen atoms in total. The first-order valence-corrected chi connectivity index (χ1v) is 22.9. The van der Waals surface area contributed by atoms with E-state index in [-0.39, 0.29) is 6.10 Å². The standard InChI is InChI=1S/C18H36O8Si5/c1-27-22-28(2,3)24-29(4,14-10-13-20-15-17-16-21-17)25-31(6,23-27)26-30(5,19)18-11-8-7-9-12-18/h7-9,11-12,17,19,27H,10,13-16H2,1-6H3. The van der Waals surface area contributed by atoms with Crippen molar-refractivity contribution in [2.45, 2.75) is 57.9 Å². The minimum absolute atomic E-state index is 0.260. The SMILES string of the molecule is C[SiH]1O[Si](C)(C)O[Si](C)(CCCOCC2CO2)O[Si](C)(O[Si](C)(O)c2ccccc2)O1. The molecule has 0 amide bonds. The van der Waals surface area contributed by atoms with Crippen LogP contribution in [0.2, 0.25) is 45.3 Å². The number of epoxide rings is 1. The van der Waals surface area contributed by atoms with Crippen LogP contribution in [0.4, 0.5) is 0 Å². The first-order valence-electron chi connectivity index (χ1n) is 10.8. The van der Waals surface area contributed by atoms with E-state index in [0.717, 1.165) is 24.3 Å². The van der Waals surface area contributed by atoms with Gasteiger partial charge in [0.1, 0.15) is 6.10 Å². The van der Waals surface area contributed by atoms with Gasteiger partial charge >= 0.3 is 43.8 Å². The highest BCUT2D eigenvalue weighted by Gasteiger charge is 2.55. The molecule has 2 saturated heterocycles. The third-order valence-corrected chi connectivity index (χ3v) is 24.3. The first kappa shape index (κ1) is 25.6. The zero-order valence-corrected chi connectivity index (χ0v) is 24.5. The van der Waals surface area contributed by atoms with Gasteiger partial charge in [-0.2, -0.15) is 0 Å². The van der Waals surface area contributed by atoms with E-state index in [1.54, 1.807) is 6.55 Å². The monoisotopic (exact) mass is 520 g/mol. The Balaban J connectivity index is 1.72. The minimum Gasteiger partial charge on any atom is -0.418 e. The molecule has 176 valence electrons. The van der Waals surface area contributed by atoms with E-state index in [1.165, 1.54) is 0 Å². The van der Waals surface area contributed by atoms with Crippen LogP contribution in [0.5, 0.6) is 0 Å². The summed E-state index contributed by atoms with van der Waals surface area (Å²) < 4.78 is 43.1. The van der Waals surface area contributed by atoms with Crippen LogP contribution < -0.4 is 5.19 Å². The van der Waals surface area contributed by atoms with Crippen molar-refractivity contribution in [2.24, 2.45) is 0 Å². The molecule has 0 radical (unpaired) electrons. The third-order valence-electron chi connectivity index (χ3n) is 5.01.